The van der Waals surface area contributed by atoms with E-state index in [1.54, 1.807) is 0 Å². The molecule has 0 saturated carbocycles. The highest BCUT2D eigenvalue weighted by Crippen LogP contribution is 2.15. The van der Waals surface area contributed by atoms with Crippen molar-refractivity contribution in [2.24, 2.45) is 5.73 Å². The molecule has 0 amide bonds. The third-order valence-electron chi connectivity index (χ3n) is 2.96. The molecule has 3 heteroatoms. The predicted molar refractivity (Wildman–Crippen MR) is 59.4 cm³/mol. The lowest BCUT2D eigenvalue weighted by Gasteiger charge is -2.32. The molecule has 3 nitrogen and oxygen atoms in total. The summed E-state index contributed by atoms with van der Waals surface area (Å²) in [7, 11) is 2.15. The molecule has 2 N–H and O–H groups in total. The summed E-state index contributed by atoms with van der Waals surface area (Å²) in [5, 5.41) is 0. The molecular weight excluding hydrogens is 176 g/mol. The highest BCUT2D eigenvalue weighted by Gasteiger charge is 2.26. The second-order valence-electron chi connectivity index (χ2n) is 4.84. The van der Waals surface area contributed by atoms with Crippen LogP contribution in [0.15, 0.2) is 0 Å². The van der Waals surface area contributed by atoms with E-state index in [4.69, 9.17) is 10.5 Å². The second kappa shape index (κ2) is 5.10. The fourth-order valence-electron chi connectivity index (χ4n) is 2.22. The maximum atomic E-state index is 6.21. The minimum absolute atomic E-state index is 0.0495. The minimum atomic E-state index is -0.0495. The van der Waals surface area contributed by atoms with Gasteiger partial charge in [-0.3, -0.25) is 4.90 Å². The van der Waals surface area contributed by atoms with E-state index < -0.39 is 0 Å². The Labute approximate surface area is 87.6 Å². The molecule has 1 heterocycles. The van der Waals surface area contributed by atoms with E-state index in [0.717, 1.165) is 39.0 Å². The monoisotopic (exact) mass is 200 g/mol. The lowest BCUT2D eigenvalue weighted by molar-refractivity contribution is 0.143. The second-order valence-corrected chi connectivity index (χ2v) is 4.84. The Morgan fingerprint density at radius 3 is 2.79 bits per heavy atom. The summed E-state index contributed by atoms with van der Waals surface area (Å²) in [5.74, 6) is 0. The molecule has 1 aliphatic heterocycles. The zero-order valence-electron chi connectivity index (χ0n) is 9.75. The Kier molecular flexibility index (Phi) is 4.35. The van der Waals surface area contributed by atoms with Gasteiger partial charge in [0.1, 0.15) is 0 Å². The van der Waals surface area contributed by atoms with Crippen LogP contribution in [0.2, 0.25) is 0 Å². The summed E-state index contributed by atoms with van der Waals surface area (Å²) in [6, 6.07) is 0.578. The molecule has 2 unspecified atom stereocenters. The maximum Gasteiger partial charge on any atom is 0.0622 e. The van der Waals surface area contributed by atoms with Gasteiger partial charge in [-0.15, -0.1) is 0 Å². The Bertz CT molecular complexity index is 165. The van der Waals surface area contributed by atoms with Gasteiger partial charge in [0.05, 0.1) is 6.61 Å². The molecule has 14 heavy (non-hydrogen) atoms. The first kappa shape index (κ1) is 12.0. The van der Waals surface area contributed by atoms with Crippen molar-refractivity contribution in [3.63, 3.8) is 0 Å². The van der Waals surface area contributed by atoms with Crippen molar-refractivity contribution in [2.75, 3.05) is 26.8 Å². The van der Waals surface area contributed by atoms with Gasteiger partial charge in [0.15, 0.2) is 0 Å². The van der Waals surface area contributed by atoms with Gasteiger partial charge in [0.25, 0.3) is 0 Å². The highest BCUT2D eigenvalue weighted by molar-refractivity contribution is 4.84. The molecule has 84 valence electrons. The van der Waals surface area contributed by atoms with Gasteiger partial charge >= 0.3 is 0 Å². The summed E-state index contributed by atoms with van der Waals surface area (Å²) < 4.78 is 5.37. The largest absolute Gasteiger partial charge is 0.380 e. The summed E-state index contributed by atoms with van der Waals surface area (Å²) in [4.78, 5) is 2.35. The number of hydrogen-bond acceptors (Lipinski definition) is 3. The van der Waals surface area contributed by atoms with E-state index in [1.165, 1.54) is 0 Å². The fraction of sp³-hybridized carbons (Fsp3) is 1.00. The van der Waals surface area contributed by atoms with Crippen molar-refractivity contribution >= 4 is 0 Å². The standard InChI is InChI=1S/C11H24N2O/c1-4-6-11(2,12)9-13(3)10-5-7-14-8-10/h10H,4-9,12H2,1-3H3. The Morgan fingerprint density at radius 1 is 1.57 bits per heavy atom. The van der Waals surface area contributed by atoms with Crippen LogP contribution in [-0.4, -0.2) is 43.3 Å². The van der Waals surface area contributed by atoms with Gasteiger partial charge in [-0.2, -0.15) is 0 Å². The van der Waals surface area contributed by atoms with E-state index in [-0.39, 0.29) is 5.54 Å². The molecule has 0 radical (unpaired) electrons. The zero-order chi connectivity index (χ0) is 10.6. The van der Waals surface area contributed by atoms with Crippen LogP contribution in [0.5, 0.6) is 0 Å². The van der Waals surface area contributed by atoms with Gasteiger partial charge < -0.3 is 10.5 Å². The van der Waals surface area contributed by atoms with Crippen molar-refractivity contribution in [2.45, 2.75) is 44.7 Å². The van der Waals surface area contributed by atoms with Crippen molar-refractivity contribution < 1.29 is 4.74 Å². The topological polar surface area (TPSA) is 38.5 Å². The fourth-order valence-corrected chi connectivity index (χ4v) is 2.22. The molecule has 1 saturated heterocycles. The highest BCUT2D eigenvalue weighted by atomic mass is 16.5. The Morgan fingerprint density at radius 2 is 2.29 bits per heavy atom. The smallest absolute Gasteiger partial charge is 0.0622 e. The van der Waals surface area contributed by atoms with E-state index >= 15 is 0 Å². The molecule has 2 atom stereocenters. The van der Waals surface area contributed by atoms with Crippen molar-refractivity contribution in [1.82, 2.24) is 4.90 Å². The van der Waals surface area contributed by atoms with Crippen molar-refractivity contribution in [3.8, 4) is 0 Å². The number of nitrogens with two attached hydrogens (primary N) is 1. The first-order valence-electron chi connectivity index (χ1n) is 5.62. The molecule has 1 rings (SSSR count). The van der Waals surface area contributed by atoms with Gasteiger partial charge in [-0.05, 0) is 26.8 Å². The van der Waals surface area contributed by atoms with Crippen LogP contribution in [0.1, 0.15) is 33.1 Å². The maximum absolute atomic E-state index is 6.21. The predicted octanol–water partition coefficient (Wildman–Crippen LogP) is 1.22. The lowest BCUT2D eigenvalue weighted by atomic mass is 9.96. The molecule has 0 aromatic heterocycles. The lowest BCUT2D eigenvalue weighted by Crippen LogP contribution is -2.49. The number of nitrogens with zero attached hydrogens (tertiary/aromatic N) is 1. The minimum Gasteiger partial charge on any atom is -0.380 e. The van der Waals surface area contributed by atoms with E-state index in [1.807, 2.05) is 0 Å². The summed E-state index contributed by atoms with van der Waals surface area (Å²) >= 11 is 0. The van der Waals surface area contributed by atoms with Crippen molar-refractivity contribution in [3.05, 3.63) is 0 Å². The molecule has 0 aromatic rings. The Hall–Kier alpha value is -0.120. The number of hydrogen-bond donors (Lipinski definition) is 1. The number of rotatable bonds is 5. The van der Waals surface area contributed by atoms with E-state index in [2.05, 4.69) is 25.8 Å². The first-order chi connectivity index (χ1) is 6.55. The zero-order valence-corrected chi connectivity index (χ0v) is 9.75. The van der Waals surface area contributed by atoms with Crippen LogP contribution in [0, 0.1) is 0 Å². The summed E-state index contributed by atoms with van der Waals surface area (Å²) in [5.41, 5.74) is 6.16. The van der Waals surface area contributed by atoms with Crippen LogP contribution in [0.3, 0.4) is 0 Å². The molecular formula is C11H24N2O. The average molecular weight is 200 g/mol. The molecule has 1 aliphatic rings. The summed E-state index contributed by atoms with van der Waals surface area (Å²) in [6.07, 6.45) is 3.39. The third kappa shape index (κ3) is 3.56. The molecule has 0 bridgehead atoms. The normalized spacial score (nSPS) is 26.8. The van der Waals surface area contributed by atoms with Crippen LogP contribution in [-0.2, 0) is 4.74 Å². The van der Waals surface area contributed by atoms with Crippen LogP contribution in [0.4, 0.5) is 0 Å². The van der Waals surface area contributed by atoms with Gasteiger partial charge in [-0.25, -0.2) is 0 Å². The van der Waals surface area contributed by atoms with Gasteiger partial charge in [0, 0.05) is 24.7 Å². The number of ether oxygens (including phenoxy) is 1. The third-order valence-corrected chi connectivity index (χ3v) is 2.96. The van der Waals surface area contributed by atoms with Crippen LogP contribution >= 0.6 is 0 Å². The molecule has 1 fully saturated rings. The van der Waals surface area contributed by atoms with Crippen LogP contribution < -0.4 is 5.73 Å². The summed E-state index contributed by atoms with van der Waals surface area (Å²) in [6.45, 7) is 7.07. The SMILES string of the molecule is CCCC(C)(N)CN(C)C1CCOC1. The first-order valence-corrected chi connectivity index (χ1v) is 5.62. The average Bonchev–Trinajstić information content (AvgIpc) is 2.53. The van der Waals surface area contributed by atoms with Gasteiger partial charge in [-0.1, -0.05) is 13.3 Å². The quantitative estimate of drug-likeness (QED) is 0.725. The van der Waals surface area contributed by atoms with Crippen LogP contribution in [0.25, 0.3) is 0 Å². The Balaban J connectivity index is 2.34. The molecule has 0 spiro atoms. The van der Waals surface area contributed by atoms with Crippen molar-refractivity contribution in [1.29, 1.82) is 0 Å². The molecule has 0 aliphatic carbocycles. The van der Waals surface area contributed by atoms with E-state index in [9.17, 15) is 0 Å². The van der Waals surface area contributed by atoms with Gasteiger partial charge in [0.2, 0.25) is 0 Å². The number of likely N-dealkylation sites (N-methyl/N-ethyl adjacent to an activating group) is 1. The molecule has 0 aromatic carbocycles. The van der Waals surface area contributed by atoms with E-state index in [0.29, 0.717) is 6.04 Å².